The average Bonchev–Trinajstić information content (AvgIpc) is 2.11. The normalized spacial score (nSPS) is 11.1. The monoisotopic (exact) mass is 224 g/mol. The lowest BCUT2D eigenvalue weighted by Crippen LogP contribution is -2.05. The second kappa shape index (κ2) is 4.05. The van der Waals surface area contributed by atoms with Gasteiger partial charge in [-0.1, -0.05) is 6.07 Å². The number of rotatable bonds is 2. The maximum atomic E-state index is 11.1. The molecule has 80 valence electrons. The first-order valence-corrected chi connectivity index (χ1v) is 5.82. The van der Waals surface area contributed by atoms with Crippen molar-refractivity contribution in [3.63, 3.8) is 0 Å². The fraction of sp³-hybridized carbons (Fsp3) is 0.273. The number of hydrogen-bond donors (Lipinski definition) is 1. The molecular weight excluding hydrogens is 212 g/mol. The maximum Gasteiger partial charge on any atom is 0.294 e. The van der Waals surface area contributed by atoms with Crippen molar-refractivity contribution in [2.24, 2.45) is 0 Å². The van der Waals surface area contributed by atoms with E-state index in [0.29, 0.717) is 5.56 Å². The SMILES string of the molecule is C#CCc1c(S(=O)(=O)O)ccc(C)c1C. The first-order chi connectivity index (χ1) is 6.88. The van der Waals surface area contributed by atoms with E-state index in [1.807, 2.05) is 6.92 Å². The first-order valence-electron chi connectivity index (χ1n) is 4.38. The topological polar surface area (TPSA) is 54.4 Å². The predicted molar refractivity (Wildman–Crippen MR) is 58.3 cm³/mol. The van der Waals surface area contributed by atoms with E-state index in [1.165, 1.54) is 6.07 Å². The predicted octanol–water partition coefficient (Wildman–Crippen LogP) is 1.73. The van der Waals surface area contributed by atoms with Crippen LogP contribution in [0.25, 0.3) is 0 Å². The largest absolute Gasteiger partial charge is 0.294 e. The van der Waals surface area contributed by atoms with Gasteiger partial charge < -0.3 is 0 Å². The van der Waals surface area contributed by atoms with E-state index < -0.39 is 10.1 Å². The van der Waals surface area contributed by atoms with E-state index in [9.17, 15) is 8.42 Å². The van der Waals surface area contributed by atoms with Crippen molar-refractivity contribution in [1.29, 1.82) is 0 Å². The number of hydrogen-bond acceptors (Lipinski definition) is 2. The third-order valence-electron chi connectivity index (χ3n) is 2.38. The second-order valence-electron chi connectivity index (χ2n) is 3.34. The number of aryl methyl sites for hydroxylation is 1. The molecule has 0 heterocycles. The molecule has 15 heavy (non-hydrogen) atoms. The molecule has 0 saturated carbocycles. The molecule has 0 bridgehead atoms. The Balaban J connectivity index is 3.56. The molecule has 0 unspecified atom stereocenters. The highest BCUT2D eigenvalue weighted by Gasteiger charge is 2.17. The molecule has 0 aliphatic carbocycles. The van der Waals surface area contributed by atoms with Crippen LogP contribution in [0.3, 0.4) is 0 Å². The van der Waals surface area contributed by atoms with Gasteiger partial charge in [-0.05, 0) is 36.6 Å². The third kappa shape index (κ3) is 2.38. The zero-order chi connectivity index (χ0) is 11.6. The molecule has 0 aromatic heterocycles. The van der Waals surface area contributed by atoms with Crippen LogP contribution in [0.1, 0.15) is 16.7 Å². The summed E-state index contributed by atoms with van der Waals surface area (Å²) in [4.78, 5) is -0.0939. The Morgan fingerprint density at radius 3 is 2.47 bits per heavy atom. The van der Waals surface area contributed by atoms with Crippen LogP contribution in [0.15, 0.2) is 17.0 Å². The average molecular weight is 224 g/mol. The summed E-state index contributed by atoms with van der Waals surface area (Å²) in [5.41, 5.74) is 2.26. The molecule has 1 aromatic rings. The highest BCUT2D eigenvalue weighted by atomic mass is 32.2. The lowest BCUT2D eigenvalue weighted by atomic mass is 10.0. The van der Waals surface area contributed by atoms with Crippen molar-refractivity contribution in [2.45, 2.75) is 25.2 Å². The van der Waals surface area contributed by atoms with Crippen LogP contribution in [0.2, 0.25) is 0 Å². The molecule has 0 atom stereocenters. The first kappa shape index (κ1) is 11.8. The van der Waals surface area contributed by atoms with Gasteiger partial charge in [0.15, 0.2) is 0 Å². The molecule has 0 saturated heterocycles. The highest BCUT2D eigenvalue weighted by molar-refractivity contribution is 7.85. The van der Waals surface area contributed by atoms with Crippen molar-refractivity contribution >= 4 is 10.1 Å². The zero-order valence-corrected chi connectivity index (χ0v) is 9.43. The van der Waals surface area contributed by atoms with Gasteiger partial charge in [0.25, 0.3) is 10.1 Å². The van der Waals surface area contributed by atoms with Crippen LogP contribution >= 0.6 is 0 Å². The van der Waals surface area contributed by atoms with Gasteiger partial charge in [0.05, 0.1) is 4.90 Å². The van der Waals surface area contributed by atoms with Crippen LogP contribution in [0.4, 0.5) is 0 Å². The summed E-state index contributed by atoms with van der Waals surface area (Å²) in [5.74, 6) is 2.39. The van der Waals surface area contributed by atoms with Crippen LogP contribution < -0.4 is 0 Å². The fourth-order valence-electron chi connectivity index (χ4n) is 1.41. The molecule has 3 nitrogen and oxygen atoms in total. The quantitative estimate of drug-likeness (QED) is 0.614. The Hall–Kier alpha value is -1.31. The molecule has 1 aromatic carbocycles. The summed E-state index contributed by atoms with van der Waals surface area (Å²) < 4.78 is 31.2. The maximum absolute atomic E-state index is 11.1. The van der Waals surface area contributed by atoms with Gasteiger partial charge in [-0.15, -0.1) is 12.3 Å². The number of benzene rings is 1. The summed E-state index contributed by atoms with van der Waals surface area (Å²) in [6.07, 6.45) is 5.36. The van der Waals surface area contributed by atoms with Gasteiger partial charge in [0.2, 0.25) is 0 Å². The standard InChI is InChI=1S/C11H12O3S/c1-4-5-10-9(3)8(2)6-7-11(10)15(12,13)14/h1,6-7H,5H2,2-3H3,(H,12,13,14). The van der Waals surface area contributed by atoms with Gasteiger partial charge in [-0.25, -0.2) is 0 Å². The van der Waals surface area contributed by atoms with E-state index in [1.54, 1.807) is 13.0 Å². The Kier molecular flexibility index (Phi) is 3.18. The Morgan fingerprint density at radius 1 is 1.40 bits per heavy atom. The lowest BCUT2D eigenvalue weighted by Gasteiger charge is -2.10. The molecular formula is C11H12O3S. The molecule has 0 spiro atoms. The van der Waals surface area contributed by atoms with E-state index in [2.05, 4.69) is 5.92 Å². The summed E-state index contributed by atoms with van der Waals surface area (Å²) in [6.45, 7) is 3.65. The molecule has 1 N–H and O–H groups in total. The van der Waals surface area contributed by atoms with Gasteiger partial charge >= 0.3 is 0 Å². The van der Waals surface area contributed by atoms with Gasteiger partial charge in [0.1, 0.15) is 0 Å². The van der Waals surface area contributed by atoms with Crippen molar-refractivity contribution in [2.75, 3.05) is 0 Å². The molecule has 0 aliphatic heterocycles. The van der Waals surface area contributed by atoms with Gasteiger partial charge in [-0.2, -0.15) is 8.42 Å². The molecule has 1 rings (SSSR count). The molecule has 0 amide bonds. The minimum Gasteiger partial charge on any atom is -0.282 e. The Morgan fingerprint density at radius 2 is 2.00 bits per heavy atom. The second-order valence-corrected chi connectivity index (χ2v) is 4.73. The minimum atomic E-state index is -4.19. The molecule has 0 fully saturated rings. The van der Waals surface area contributed by atoms with Gasteiger partial charge in [-0.3, -0.25) is 4.55 Å². The van der Waals surface area contributed by atoms with Crippen LogP contribution in [0.5, 0.6) is 0 Å². The van der Waals surface area contributed by atoms with E-state index in [-0.39, 0.29) is 11.3 Å². The third-order valence-corrected chi connectivity index (χ3v) is 3.32. The van der Waals surface area contributed by atoms with Crippen molar-refractivity contribution in [3.05, 3.63) is 28.8 Å². The van der Waals surface area contributed by atoms with Crippen molar-refractivity contribution in [3.8, 4) is 12.3 Å². The van der Waals surface area contributed by atoms with E-state index in [0.717, 1.165) is 11.1 Å². The summed E-state index contributed by atoms with van der Waals surface area (Å²) in [7, 11) is -4.19. The zero-order valence-electron chi connectivity index (χ0n) is 8.61. The lowest BCUT2D eigenvalue weighted by molar-refractivity contribution is 0.482. The smallest absolute Gasteiger partial charge is 0.282 e. The van der Waals surface area contributed by atoms with Crippen LogP contribution in [-0.4, -0.2) is 13.0 Å². The molecule has 0 radical (unpaired) electrons. The summed E-state index contributed by atoms with van der Waals surface area (Å²) >= 11 is 0. The summed E-state index contributed by atoms with van der Waals surface area (Å²) in [6, 6.07) is 3.03. The molecule has 0 aliphatic rings. The fourth-order valence-corrected chi connectivity index (χ4v) is 2.19. The van der Waals surface area contributed by atoms with Crippen LogP contribution in [-0.2, 0) is 16.5 Å². The van der Waals surface area contributed by atoms with E-state index >= 15 is 0 Å². The minimum absolute atomic E-state index is 0.0939. The van der Waals surface area contributed by atoms with Crippen LogP contribution in [0, 0.1) is 26.2 Å². The Labute approximate surface area is 89.9 Å². The summed E-state index contributed by atoms with van der Waals surface area (Å²) in [5, 5.41) is 0. The van der Waals surface area contributed by atoms with E-state index in [4.69, 9.17) is 11.0 Å². The van der Waals surface area contributed by atoms with Gasteiger partial charge in [0, 0.05) is 6.42 Å². The van der Waals surface area contributed by atoms with Crippen molar-refractivity contribution < 1.29 is 13.0 Å². The number of terminal acetylenes is 1. The molecule has 4 heteroatoms. The van der Waals surface area contributed by atoms with Crippen molar-refractivity contribution in [1.82, 2.24) is 0 Å². The Bertz CT molecular complexity index is 521. The highest BCUT2D eigenvalue weighted by Crippen LogP contribution is 2.22.